The first-order valence-corrected chi connectivity index (χ1v) is 8.96. The Morgan fingerprint density at radius 1 is 1.32 bits per heavy atom. The Bertz CT molecular complexity index is 648. The van der Waals surface area contributed by atoms with Gasteiger partial charge in [-0.15, -0.1) is 11.3 Å². The van der Waals surface area contributed by atoms with Gasteiger partial charge >= 0.3 is 0 Å². The number of hydrogen-bond donors (Lipinski definition) is 1. The fraction of sp³-hybridized carbons (Fsp3) is 0.375. The second-order valence-corrected chi connectivity index (χ2v) is 7.68. The molecule has 1 N–H and O–H groups in total. The first-order valence-electron chi connectivity index (χ1n) is 7.35. The average molecular weight is 380 g/mol. The smallest absolute Gasteiger partial charge is 0.261 e. The van der Waals surface area contributed by atoms with Crippen LogP contribution in [0.15, 0.2) is 34.9 Å². The third-order valence-corrected chi connectivity index (χ3v) is 5.30. The number of aryl methyl sites for hydroxylation is 1. The van der Waals surface area contributed by atoms with E-state index in [9.17, 15) is 4.79 Å². The predicted octanol–water partition coefficient (Wildman–Crippen LogP) is 3.61. The third kappa shape index (κ3) is 3.67. The third-order valence-electron chi connectivity index (χ3n) is 3.83. The molecule has 3 heterocycles. The maximum Gasteiger partial charge on any atom is 0.261 e. The molecule has 0 saturated carbocycles. The Morgan fingerprint density at radius 2 is 2.09 bits per heavy atom. The summed E-state index contributed by atoms with van der Waals surface area (Å²) < 4.78 is 0.990. The number of hydrogen-bond acceptors (Lipinski definition) is 4. The van der Waals surface area contributed by atoms with Crippen LogP contribution in [-0.2, 0) is 0 Å². The van der Waals surface area contributed by atoms with E-state index in [4.69, 9.17) is 0 Å². The van der Waals surface area contributed by atoms with Crippen molar-refractivity contribution in [3.05, 3.63) is 44.7 Å². The lowest BCUT2D eigenvalue weighted by atomic mass is 10.0. The number of nitrogens with zero attached hydrogens (tertiary/aromatic N) is 2. The van der Waals surface area contributed by atoms with E-state index in [-0.39, 0.29) is 11.9 Å². The first kappa shape index (κ1) is 15.5. The molecule has 1 fully saturated rings. The minimum absolute atomic E-state index is 0.0540. The molecule has 22 heavy (non-hydrogen) atoms. The quantitative estimate of drug-likeness (QED) is 0.885. The lowest BCUT2D eigenvalue weighted by Crippen LogP contribution is -2.44. The molecule has 116 valence electrons. The van der Waals surface area contributed by atoms with E-state index in [1.54, 1.807) is 11.3 Å². The zero-order chi connectivity index (χ0) is 15.5. The molecule has 0 radical (unpaired) electrons. The molecule has 0 bridgehead atoms. The highest BCUT2D eigenvalue weighted by atomic mass is 79.9. The zero-order valence-electron chi connectivity index (χ0n) is 12.4. The van der Waals surface area contributed by atoms with Crippen LogP contribution < -0.4 is 10.2 Å². The number of halogens is 1. The molecule has 1 amide bonds. The molecule has 2 aromatic rings. The molecule has 1 aliphatic rings. The summed E-state index contributed by atoms with van der Waals surface area (Å²) in [6.07, 6.45) is 3.73. The van der Waals surface area contributed by atoms with Crippen LogP contribution in [0.5, 0.6) is 0 Å². The second kappa shape index (κ2) is 6.79. The van der Waals surface area contributed by atoms with Crippen molar-refractivity contribution in [3.63, 3.8) is 0 Å². The van der Waals surface area contributed by atoms with Gasteiger partial charge in [-0.1, -0.05) is 0 Å². The van der Waals surface area contributed by atoms with E-state index in [1.165, 1.54) is 4.88 Å². The summed E-state index contributed by atoms with van der Waals surface area (Å²) in [5, 5.41) is 3.15. The highest BCUT2D eigenvalue weighted by molar-refractivity contribution is 9.10. The Kier molecular flexibility index (Phi) is 4.78. The van der Waals surface area contributed by atoms with Gasteiger partial charge in [0.2, 0.25) is 0 Å². The SMILES string of the molecule is Cc1ccc(C(=O)NC2CCN(c3ccc(Br)cn3)CC2)s1. The number of pyridine rings is 1. The van der Waals surface area contributed by atoms with Gasteiger partial charge in [0.1, 0.15) is 5.82 Å². The topological polar surface area (TPSA) is 45.2 Å². The van der Waals surface area contributed by atoms with E-state index in [1.807, 2.05) is 37.4 Å². The molecule has 4 nitrogen and oxygen atoms in total. The van der Waals surface area contributed by atoms with Crippen LogP contribution in [0, 0.1) is 6.92 Å². The van der Waals surface area contributed by atoms with Crippen LogP contribution in [0.1, 0.15) is 27.4 Å². The normalized spacial score (nSPS) is 15.8. The van der Waals surface area contributed by atoms with Gasteiger partial charge in [0.15, 0.2) is 0 Å². The van der Waals surface area contributed by atoms with E-state index in [2.05, 4.69) is 31.1 Å². The van der Waals surface area contributed by atoms with Gasteiger partial charge in [0.25, 0.3) is 5.91 Å². The molecule has 1 aliphatic heterocycles. The second-order valence-electron chi connectivity index (χ2n) is 5.48. The van der Waals surface area contributed by atoms with Crippen molar-refractivity contribution in [2.45, 2.75) is 25.8 Å². The van der Waals surface area contributed by atoms with Crippen LogP contribution in [-0.4, -0.2) is 30.0 Å². The van der Waals surface area contributed by atoms with E-state index >= 15 is 0 Å². The molecular formula is C16H18BrN3OS. The lowest BCUT2D eigenvalue weighted by molar-refractivity contribution is 0.0935. The van der Waals surface area contributed by atoms with Crippen LogP contribution >= 0.6 is 27.3 Å². The fourth-order valence-corrected chi connectivity index (χ4v) is 3.63. The number of thiophene rings is 1. The summed E-state index contributed by atoms with van der Waals surface area (Å²) in [6, 6.07) is 8.17. The number of nitrogens with one attached hydrogen (secondary N) is 1. The van der Waals surface area contributed by atoms with E-state index in [0.29, 0.717) is 0 Å². The molecule has 3 rings (SSSR count). The van der Waals surface area contributed by atoms with E-state index < -0.39 is 0 Å². The monoisotopic (exact) mass is 379 g/mol. The average Bonchev–Trinajstić information content (AvgIpc) is 2.96. The van der Waals surface area contributed by atoms with Crippen molar-refractivity contribution in [2.75, 3.05) is 18.0 Å². The minimum Gasteiger partial charge on any atom is -0.356 e. The van der Waals surface area contributed by atoms with Crippen molar-refractivity contribution < 1.29 is 4.79 Å². The summed E-state index contributed by atoms with van der Waals surface area (Å²) in [6.45, 7) is 3.86. The van der Waals surface area contributed by atoms with Gasteiger partial charge in [-0.2, -0.15) is 0 Å². The fourth-order valence-electron chi connectivity index (χ4n) is 2.62. The van der Waals surface area contributed by atoms with Gasteiger partial charge in [0.05, 0.1) is 4.88 Å². The Balaban J connectivity index is 1.53. The van der Waals surface area contributed by atoms with Crippen LogP contribution in [0.4, 0.5) is 5.82 Å². The maximum absolute atomic E-state index is 12.2. The number of carbonyl (C=O) groups excluding carboxylic acids is 1. The number of carbonyl (C=O) groups is 1. The Morgan fingerprint density at radius 3 is 2.68 bits per heavy atom. The molecule has 0 spiro atoms. The molecule has 1 saturated heterocycles. The van der Waals surface area contributed by atoms with Gasteiger partial charge < -0.3 is 10.2 Å². The van der Waals surface area contributed by atoms with Crippen molar-refractivity contribution >= 4 is 39.0 Å². The number of amides is 1. The standard InChI is InChI=1S/C16H18BrN3OS/c1-11-2-4-14(22-11)16(21)19-13-6-8-20(9-7-13)15-5-3-12(17)10-18-15/h2-5,10,13H,6-9H2,1H3,(H,19,21). The van der Waals surface area contributed by atoms with Crippen molar-refractivity contribution in [2.24, 2.45) is 0 Å². The summed E-state index contributed by atoms with van der Waals surface area (Å²) in [4.78, 5) is 20.9. The van der Waals surface area contributed by atoms with Gasteiger partial charge in [0, 0.05) is 34.7 Å². The largest absolute Gasteiger partial charge is 0.356 e. The predicted molar refractivity (Wildman–Crippen MR) is 93.7 cm³/mol. The van der Waals surface area contributed by atoms with Crippen molar-refractivity contribution in [1.29, 1.82) is 0 Å². The molecule has 0 aliphatic carbocycles. The number of aromatic nitrogens is 1. The summed E-state index contributed by atoms with van der Waals surface area (Å²) in [5.41, 5.74) is 0. The number of anilines is 1. The molecular weight excluding hydrogens is 362 g/mol. The highest BCUT2D eigenvalue weighted by Crippen LogP contribution is 2.20. The van der Waals surface area contributed by atoms with Gasteiger partial charge in [-0.05, 0) is 60.0 Å². The zero-order valence-corrected chi connectivity index (χ0v) is 14.8. The van der Waals surface area contributed by atoms with E-state index in [0.717, 1.165) is 41.1 Å². The first-order chi connectivity index (χ1) is 10.6. The molecule has 6 heteroatoms. The molecule has 0 unspecified atom stereocenters. The van der Waals surface area contributed by atoms with Crippen molar-refractivity contribution in [3.8, 4) is 0 Å². The molecule has 0 aromatic carbocycles. The van der Waals surface area contributed by atoms with Gasteiger partial charge in [-0.3, -0.25) is 4.79 Å². The van der Waals surface area contributed by atoms with Gasteiger partial charge in [-0.25, -0.2) is 4.98 Å². The van der Waals surface area contributed by atoms with Crippen LogP contribution in [0.2, 0.25) is 0 Å². The summed E-state index contributed by atoms with van der Waals surface area (Å²) in [5.74, 6) is 1.06. The number of rotatable bonds is 3. The van der Waals surface area contributed by atoms with Crippen LogP contribution in [0.25, 0.3) is 0 Å². The van der Waals surface area contributed by atoms with Crippen molar-refractivity contribution in [1.82, 2.24) is 10.3 Å². The molecule has 0 atom stereocenters. The lowest BCUT2D eigenvalue weighted by Gasteiger charge is -2.33. The Labute approximate surface area is 142 Å². The molecule has 2 aromatic heterocycles. The van der Waals surface area contributed by atoms with Crippen LogP contribution in [0.3, 0.4) is 0 Å². The number of piperidine rings is 1. The summed E-state index contributed by atoms with van der Waals surface area (Å²) in [7, 11) is 0. The summed E-state index contributed by atoms with van der Waals surface area (Å²) >= 11 is 4.95. The maximum atomic E-state index is 12.2. The Hall–Kier alpha value is -1.40. The highest BCUT2D eigenvalue weighted by Gasteiger charge is 2.22. The minimum atomic E-state index is 0.0540.